The number of nitrogens with zero attached hydrogens (tertiary/aromatic N) is 2. The Morgan fingerprint density at radius 2 is 1.97 bits per heavy atom. The van der Waals surface area contributed by atoms with Gasteiger partial charge in [-0.3, -0.25) is 4.99 Å². The second-order valence-corrected chi connectivity index (χ2v) is 7.24. The Kier molecular flexibility index (Phi) is 7.58. The lowest BCUT2D eigenvalue weighted by Gasteiger charge is -2.43. The fourth-order valence-electron chi connectivity index (χ4n) is 3.44. The molecule has 0 atom stereocenters. The van der Waals surface area contributed by atoms with E-state index in [0.717, 1.165) is 42.3 Å². The van der Waals surface area contributed by atoms with E-state index >= 15 is 0 Å². The molecule has 1 aromatic carbocycles. The molecule has 1 heterocycles. The highest BCUT2D eigenvalue weighted by Gasteiger charge is 2.40. The molecular weight excluding hydrogens is 496 g/mol. The number of hydrogen-bond acceptors (Lipinski definition) is 3. The third kappa shape index (κ3) is 5.43. The molecule has 1 aliphatic carbocycles. The summed E-state index contributed by atoms with van der Waals surface area (Å²) in [7, 11) is 1.65. The Morgan fingerprint density at radius 1 is 1.24 bits per heavy atom. The molecule has 1 aromatic heterocycles. The molecule has 0 saturated heterocycles. The zero-order valence-corrected chi connectivity index (χ0v) is 19.0. The molecule has 0 radical (unpaired) electrons. The van der Waals surface area contributed by atoms with Gasteiger partial charge in [0.25, 0.3) is 0 Å². The number of aliphatic imine (C=N–C) groups is 1. The molecule has 9 heteroatoms. The molecule has 0 spiro atoms. The van der Waals surface area contributed by atoms with Gasteiger partial charge in [-0.05, 0) is 38.3 Å². The highest BCUT2D eigenvalue weighted by molar-refractivity contribution is 14.0. The Morgan fingerprint density at radius 3 is 2.48 bits per heavy atom. The standard InChI is InChI=1S/C20H25F3N4O.HI/c1-13-14(2)28-17(27-13)11-25-18(24-3)26-12-19(8-5-9-19)15-6-4-7-16(10-15)20(21,22)23;/h4,6-7,10H,5,8-9,11-12H2,1-3H3,(H2,24,25,26);1H. The molecular formula is C20H26F3IN4O. The number of guanidine groups is 1. The van der Waals surface area contributed by atoms with E-state index in [1.54, 1.807) is 13.1 Å². The Bertz CT molecular complexity index is 840. The number of rotatable bonds is 5. The summed E-state index contributed by atoms with van der Waals surface area (Å²) in [5, 5.41) is 6.39. The van der Waals surface area contributed by atoms with Crippen molar-refractivity contribution < 1.29 is 17.6 Å². The largest absolute Gasteiger partial charge is 0.444 e. The van der Waals surface area contributed by atoms with Crippen molar-refractivity contribution in [3.05, 3.63) is 52.7 Å². The summed E-state index contributed by atoms with van der Waals surface area (Å²) in [6.07, 6.45) is -1.65. The molecule has 2 N–H and O–H groups in total. The van der Waals surface area contributed by atoms with E-state index in [-0.39, 0.29) is 29.4 Å². The van der Waals surface area contributed by atoms with Crippen LogP contribution in [0.2, 0.25) is 0 Å². The van der Waals surface area contributed by atoms with E-state index in [1.807, 2.05) is 13.8 Å². The van der Waals surface area contributed by atoms with E-state index in [2.05, 4.69) is 20.6 Å². The Balaban J connectivity index is 0.00000300. The third-order valence-corrected chi connectivity index (χ3v) is 5.41. The molecule has 29 heavy (non-hydrogen) atoms. The minimum Gasteiger partial charge on any atom is -0.444 e. The molecule has 1 saturated carbocycles. The molecule has 1 fully saturated rings. The first-order valence-electron chi connectivity index (χ1n) is 9.29. The van der Waals surface area contributed by atoms with Crippen LogP contribution >= 0.6 is 24.0 Å². The zero-order valence-electron chi connectivity index (χ0n) is 16.7. The minimum absolute atomic E-state index is 0. The smallest absolute Gasteiger partial charge is 0.416 e. The highest BCUT2D eigenvalue weighted by Crippen LogP contribution is 2.44. The van der Waals surface area contributed by atoms with Crippen LogP contribution in [0.4, 0.5) is 13.2 Å². The topological polar surface area (TPSA) is 62.5 Å². The van der Waals surface area contributed by atoms with Crippen LogP contribution in [0.3, 0.4) is 0 Å². The average molecular weight is 522 g/mol. The number of aromatic nitrogens is 1. The zero-order chi connectivity index (χ0) is 20.4. The average Bonchev–Trinajstić information content (AvgIpc) is 2.94. The van der Waals surface area contributed by atoms with Crippen molar-refractivity contribution in [1.29, 1.82) is 0 Å². The van der Waals surface area contributed by atoms with Crippen molar-refractivity contribution in [3.63, 3.8) is 0 Å². The SMILES string of the molecule is CN=C(NCc1nc(C)c(C)o1)NCC1(c2cccc(C(F)(F)F)c2)CCC1.I. The first-order valence-corrected chi connectivity index (χ1v) is 9.29. The number of hydrogen-bond donors (Lipinski definition) is 2. The predicted octanol–water partition coefficient (Wildman–Crippen LogP) is 4.72. The van der Waals surface area contributed by atoms with Crippen LogP contribution < -0.4 is 10.6 Å². The van der Waals surface area contributed by atoms with Gasteiger partial charge in [0.05, 0.1) is 17.8 Å². The molecule has 1 aliphatic rings. The van der Waals surface area contributed by atoms with Crippen LogP contribution in [0.5, 0.6) is 0 Å². The van der Waals surface area contributed by atoms with Gasteiger partial charge in [-0.15, -0.1) is 24.0 Å². The first kappa shape index (κ1) is 23.5. The molecule has 0 unspecified atom stereocenters. The normalized spacial score (nSPS) is 16.0. The quantitative estimate of drug-likeness (QED) is 0.339. The van der Waals surface area contributed by atoms with Crippen molar-refractivity contribution in [1.82, 2.24) is 15.6 Å². The monoisotopic (exact) mass is 522 g/mol. The van der Waals surface area contributed by atoms with Crippen LogP contribution in [0, 0.1) is 13.8 Å². The van der Waals surface area contributed by atoms with Crippen LogP contribution in [-0.2, 0) is 18.1 Å². The van der Waals surface area contributed by atoms with E-state index < -0.39 is 11.7 Å². The third-order valence-electron chi connectivity index (χ3n) is 5.41. The maximum atomic E-state index is 13.1. The molecule has 0 amide bonds. The lowest BCUT2D eigenvalue weighted by molar-refractivity contribution is -0.137. The summed E-state index contributed by atoms with van der Waals surface area (Å²) < 4.78 is 44.8. The maximum Gasteiger partial charge on any atom is 0.416 e. The van der Waals surface area contributed by atoms with Gasteiger partial charge in [0.1, 0.15) is 5.76 Å². The van der Waals surface area contributed by atoms with E-state index in [4.69, 9.17) is 4.42 Å². The van der Waals surface area contributed by atoms with Gasteiger partial charge in [0, 0.05) is 19.0 Å². The molecule has 3 rings (SSSR count). The van der Waals surface area contributed by atoms with Crippen molar-refractivity contribution in [2.75, 3.05) is 13.6 Å². The summed E-state index contributed by atoms with van der Waals surface area (Å²) in [6.45, 7) is 4.63. The predicted molar refractivity (Wildman–Crippen MR) is 117 cm³/mol. The second kappa shape index (κ2) is 9.36. The van der Waals surface area contributed by atoms with E-state index in [1.165, 1.54) is 12.1 Å². The summed E-state index contributed by atoms with van der Waals surface area (Å²) in [6, 6.07) is 5.66. The highest BCUT2D eigenvalue weighted by atomic mass is 127. The molecule has 5 nitrogen and oxygen atoms in total. The van der Waals surface area contributed by atoms with Gasteiger partial charge in [-0.25, -0.2) is 4.98 Å². The summed E-state index contributed by atoms with van der Waals surface area (Å²) >= 11 is 0. The number of alkyl halides is 3. The first-order chi connectivity index (χ1) is 13.2. The molecule has 0 bridgehead atoms. The van der Waals surface area contributed by atoms with E-state index in [9.17, 15) is 13.2 Å². The fourth-order valence-corrected chi connectivity index (χ4v) is 3.44. The van der Waals surface area contributed by atoms with Crippen LogP contribution in [-0.4, -0.2) is 24.5 Å². The van der Waals surface area contributed by atoms with Gasteiger partial charge in [-0.2, -0.15) is 13.2 Å². The summed E-state index contributed by atoms with van der Waals surface area (Å²) in [4.78, 5) is 8.50. The maximum absolute atomic E-state index is 13.1. The lowest BCUT2D eigenvalue weighted by Crippen LogP contribution is -2.48. The van der Waals surface area contributed by atoms with Crippen LogP contribution in [0.25, 0.3) is 0 Å². The van der Waals surface area contributed by atoms with Crippen molar-refractivity contribution in [3.8, 4) is 0 Å². The van der Waals surface area contributed by atoms with Crippen molar-refractivity contribution in [2.24, 2.45) is 4.99 Å². The van der Waals surface area contributed by atoms with Crippen molar-refractivity contribution >= 4 is 29.9 Å². The molecule has 0 aliphatic heterocycles. The number of benzene rings is 1. The summed E-state index contributed by atoms with van der Waals surface area (Å²) in [5.41, 5.74) is 0.649. The fraction of sp³-hybridized carbons (Fsp3) is 0.500. The van der Waals surface area contributed by atoms with Crippen molar-refractivity contribution in [2.45, 2.75) is 51.2 Å². The van der Waals surface area contributed by atoms with Gasteiger partial charge >= 0.3 is 6.18 Å². The number of halogens is 4. The van der Waals surface area contributed by atoms with E-state index in [0.29, 0.717) is 24.9 Å². The van der Waals surface area contributed by atoms with Crippen LogP contribution in [0.15, 0.2) is 33.7 Å². The second-order valence-electron chi connectivity index (χ2n) is 7.24. The number of nitrogens with one attached hydrogen (secondary N) is 2. The minimum atomic E-state index is -4.34. The Labute approximate surface area is 185 Å². The lowest BCUT2D eigenvalue weighted by atomic mass is 9.64. The van der Waals surface area contributed by atoms with Gasteiger partial charge in [0.15, 0.2) is 5.96 Å². The molecule has 160 valence electrons. The number of aryl methyl sites for hydroxylation is 2. The number of oxazole rings is 1. The van der Waals surface area contributed by atoms with Gasteiger partial charge < -0.3 is 15.1 Å². The van der Waals surface area contributed by atoms with Crippen LogP contribution in [0.1, 0.15) is 47.7 Å². The molecule has 2 aromatic rings. The van der Waals surface area contributed by atoms with Gasteiger partial charge in [0.2, 0.25) is 5.89 Å². The summed E-state index contributed by atoms with van der Waals surface area (Å²) in [5.74, 6) is 1.90. The van der Waals surface area contributed by atoms with Gasteiger partial charge in [-0.1, -0.05) is 24.6 Å². The Hall–Kier alpha value is -1.78.